The van der Waals surface area contributed by atoms with Gasteiger partial charge in [-0.1, -0.05) is 13.5 Å². The van der Waals surface area contributed by atoms with Gasteiger partial charge in [0.15, 0.2) is 0 Å². The van der Waals surface area contributed by atoms with E-state index in [9.17, 15) is 19.8 Å². The first-order valence-electron chi connectivity index (χ1n) is 13.0. The Morgan fingerprint density at radius 1 is 1.20 bits per heavy atom. The molecule has 40 heavy (non-hydrogen) atoms. The van der Waals surface area contributed by atoms with Crippen molar-refractivity contribution in [2.75, 3.05) is 14.1 Å². The number of aliphatic hydroxyl groups is 1. The summed E-state index contributed by atoms with van der Waals surface area (Å²) in [5.41, 5.74) is 3.46. The largest absolute Gasteiger partial charge is 0.490 e. The zero-order valence-electron chi connectivity index (χ0n) is 22.5. The van der Waals surface area contributed by atoms with E-state index in [0.717, 1.165) is 22.0 Å². The minimum absolute atomic E-state index is 0.0719. The van der Waals surface area contributed by atoms with Gasteiger partial charge in [-0.15, -0.1) is 0 Å². The van der Waals surface area contributed by atoms with Gasteiger partial charge in [-0.3, -0.25) is 4.79 Å². The molecule has 0 radical (unpaired) electrons. The molecule has 2 N–H and O–H groups in total. The van der Waals surface area contributed by atoms with Gasteiger partial charge in [0.05, 0.1) is 34.6 Å². The maximum absolute atomic E-state index is 13.6. The van der Waals surface area contributed by atoms with Crippen molar-refractivity contribution in [3.63, 3.8) is 0 Å². The number of pyridine rings is 2. The van der Waals surface area contributed by atoms with Crippen LogP contribution in [0.2, 0.25) is 0 Å². The summed E-state index contributed by atoms with van der Waals surface area (Å²) in [7, 11) is 3.94. The van der Waals surface area contributed by atoms with E-state index in [1.54, 1.807) is 16.7 Å². The maximum Gasteiger partial charge on any atom is 0.335 e. The molecule has 2 aliphatic rings. The molecule has 9 nitrogen and oxygen atoms in total. The molecule has 0 saturated heterocycles. The zero-order chi connectivity index (χ0) is 28.3. The van der Waals surface area contributed by atoms with Crippen LogP contribution in [0.1, 0.15) is 46.0 Å². The SMILES string of the molecule is C=C1OCc2c(cc3n(c2=O)Cc2cc4c(CN(C)C)c(Oc5ccc(C(=O)O)cc5)ccc4nc2-3)[C@@]1(O)CC. The third kappa shape index (κ3) is 3.97. The van der Waals surface area contributed by atoms with E-state index < -0.39 is 11.6 Å². The molecule has 6 rings (SSSR count). The number of fused-ring (bicyclic) bond motifs is 5. The Kier molecular flexibility index (Phi) is 6.01. The Morgan fingerprint density at radius 3 is 2.62 bits per heavy atom. The van der Waals surface area contributed by atoms with E-state index in [4.69, 9.17) is 14.5 Å². The van der Waals surface area contributed by atoms with Crippen LogP contribution in [0.5, 0.6) is 11.5 Å². The number of carboxylic acids is 1. The highest BCUT2D eigenvalue weighted by Gasteiger charge is 2.41. The summed E-state index contributed by atoms with van der Waals surface area (Å²) in [6.07, 6.45) is 0.329. The number of hydrogen-bond acceptors (Lipinski definition) is 7. The minimum atomic E-state index is -1.43. The average molecular weight is 540 g/mol. The summed E-state index contributed by atoms with van der Waals surface area (Å²) in [5, 5.41) is 21.5. The quantitative estimate of drug-likeness (QED) is 0.321. The first-order valence-corrected chi connectivity index (χ1v) is 13.0. The first-order chi connectivity index (χ1) is 19.1. The third-order valence-corrected chi connectivity index (χ3v) is 7.73. The van der Waals surface area contributed by atoms with Gasteiger partial charge in [-0.05, 0) is 69.0 Å². The lowest BCUT2D eigenvalue weighted by atomic mass is 9.84. The van der Waals surface area contributed by atoms with Gasteiger partial charge in [-0.2, -0.15) is 0 Å². The zero-order valence-corrected chi connectivity index (χ0v) is 22.5. The summed E-state index contributed by atoms with van der Waals surface area (Å²) < 4.78 is 13.5. The second-order valence-electron chi connectivity index (χ2n) is 10.5. The summed E-state index contributed by atoms with van der Waals surface area (Å²) in [5.74, 6) is 0.409. The molecule has 0 saturated carbocycles. The van der Waals surface area contributed by atoms with Crippen molar-refractivity contribution in [3.05, 3.63) is 99.0 Å². The monoisotopic (exact) mass is 539 g/mol. The summed E-state index contributed by atoms with van der Waals surface area (Å²) in [6.45, 7) is 6.73. The molecule has 2 aromatic heterocycles. The second kappa shape index (κ2) is 9.32. The number of aromatic nitrogens is 2. The summed E-state index contributed by atoms with van der Waals surface area (Å²) >= 11 is 0. The van der Waals surface area contributed by atoms with Crippen LogP contribution in [0.3, 0.4) is 0 Å². The van der Waals surface area contributed by atoms with Crippen molar-refractivity contribution in [1.29, 1.82) is 0 Å². The molecule has 0 amide bonds. The van der Waals surface area contributed by atoms with Crippen LogP contribution >= 0.6 is 0 Å². The van der Waals surface area contributed by atoms with Crippen LogP contribution in [-0.4, -0.2) is 44.7 Å². The van der Waals surface area contributed by atoms with Crippen LogP contribution in [-0.2, 0) is 30.0 Å². The Morgan fingerprint density at radius 2 is 1.95 bits per heavy atom. The highest BCUT2D eigenvalue weighted by Crippen LogP contribution is 2.42. The molecule has 9 heteroatoms. The van der Waals surface area contributed by atoms with Gasteiger partial charge < -0.3 is 29.2 Å². The lowest BCUT2D eigenvalue weighted by Gasteiger charge is -2.35. The van der Waals surface area contributed by atoms with Crippen molar-refractivity contribution in [1.82, 2.24) is 14.5 Å². The van der Waals surface area contributed by atoms with Crippen molar-refractivity contribution in [3.8, 4) is 22.9 Å². The van der Waals surface area contributed by atoms with Crippen molar-refractivity contribution in [2.45, 2.75) is 38.6 Å². The second-order valence-corrected chi connectivity index (χ2v) is 10.5. The molecular formula is C31H29N3O6. The number of nitrogens with zero attached hydrogens (tertiary/aromatic N) is 3. The number of carboxylic acid groups (broad SMARTS) is 1. The first kappa shape index (κ1) is 25.8. The molecule has 0 fully saturated rings. The van der Waals surface area contributed by atoms with E-state index in [0.29, 0.717) is 53.5 Å². The van der Waals surface area contributed by atoms with Crippen molar-refractivity contribution in [2.24, 2.45) is 0 Å². The summed E-state index contributed by atoms with van der Waals surface area (Å²) in [6, 6.07) is 13.9. The van der Waals surface area contributed by atoms with E-state index in [1.165, 1.54) is 12.1 Å². The predicted molar refractivity (Wildman–Crippen MR) is 150 cm³/mol. The van der Waals surface area contributed by atoms with Crippen molar-refractivity contribution < 1.29 is 24.5 Å². The Bertz CT molecular complexity index is 1770. The van der Waals surface area contributed by atoms with Crippen LogP contribution in [0.15, 0.2) is 65.7 Å². The molecule has 4 heterocycles. The third-order valence-electron chi connectivity index (χ3n) is 7.73. The molecular weight excluding hydrogens is 510 g/mol. The van der Waals surface area contributed by atoms with E-state index >= 15 is 0 Å². The van der Waals surface area contributed by atoms with Crippen molar-refractivity contribution >= 4 is 16.9 Å². The maximum atomic E-state index is 13.6. The number of carbonyl (C=O) groups is 1. The van der Waals surface area contributed by atoms with Gasteiger partial charge in [0, 0.05) is 28.6 Å². The smallest absolute Gasteiger partial charge is 0.335 e. The highest BCUT2D eigenvalue weighted by atomic mass is 16.5. The number of benzene rings is 2. The Hall–Kier alpha value is -4.47. The van der Waals surface area contributed by atoms with Crippen LogP contribution in [0.4, 0.5) is 0 Å². The fraction of sp³-hybridized carbons (Fsp3) is 0.258. The predicted octanol–water partition coefficient (Wildman–Crippen LogP) is 4.62. The molecule has 0 bridgehead atoms. The topological polar surface area (TPSA) is 114 Å². The van der Waals surface area contributed by atoms with Gasteiger partial charge >= 0.3 is 5.97 Å². The lowest BCUT2D eigenvalue weighted by Crippen LogP contribution is -2.38. The standard InChI is InChI=1S/C31H29N3O6/c1-5-31(38)17(2)39-16-23-24(31)13-26-28-19(14-34(26)29(23)35)12-21-22(15-33(3)4)27(11-10-25(21)32-28)40-20-8-6-18(7-9-20)30(36)37/h6-13,38H,2,5,14-16H2,1,3-4H3,(H,36,37)/t31-/m1/s1. The molecule has 1 atom stereocenters. The Labute approximate surface area is 230 Å². The molecule has 204 valence electrons. The molecule has 0 unspecified atom stereocenters. The van der Waals surface area contributed by atoms with Gasteiger partial charge in [0.25, 0.3) is 5.56 Å². The molecule has 0 spiro atoms. The molecule has 2 aromatic carbocycles. The number of rotatable bonds is 6. The Balaban J connectivity index is 1.47. The number of hydrogen-bond donors (Lipinski definition) is 2. The van der Waals surface area contributed by atoms with Gasteiger partial charge in [0.2, 0.25) is 0 Å². The fourth-order valence-corrected chi connectivity index (χ4v) is 5.57. The fourth-order valence-electron chi connectivity index (χ4n) is 5.57. The molecule has 0 aliphatic carbocycles. The van der Waals surface area contributed by atoms with E-state index in [-0.39, 0.29) is 23.5 Å². The van der Waals surface area contributed by atoms with Gasteiger partial charge in [-0.25, -0.2) is 9.78 Å². The highest BCUT2D eigenvalue weighted by molar-refractivity contribution is 5.89. The van der Waals surface area contributed by atoms with E-state index in [2.05, 4.69) is 12.6 Å². The lowest BCUT2D eigenvalue weighted by molar-refractivity contribution is -0.0172. The number of ether oxygens (including phenoxy) is 2. The normalized spacial score (nSPS) is 17.4. The van der Waals surface area contributed by atoms with Crippen LogP contribution in [0, 0.1) is 0 Å². The van der Waals surface area contributed by atoms with Gasteiger partial charge in [0.1, 0.15) is 29.5 Å². The van der Waals surface area contributed by atoms with Crippen LogP contribution < -0.4 is 10.3 Å². The number of aromatic carboxylic acids is 1. The molecule has 2 aliphatic heterocycles. The molecule has 4 aromatic rings. The van der Waals surface area contributed by atoms with E-state index in [1.807, 2.05) is 44.1 Å². The average Bonchev–Trinajstić information content (AvgIpc) is 3.29. The minimum Gasteiger partial charge on any atom is -0.490 e. The summed E-state index contributed by atoms with van der Waals surface area (Å²) in [4.78, 5) is 31.8. The van der Waals surface area contributed by atoms with Crippen LogP contribution in [0.25, 0.3) is 22.3 Å².